The van der Waals surface area contributed by atoms with Crippen LogP contribution in [0.25, 0.3) is 0 Å². The van der Waals surface area contributed by atoms with Crippen LogP contribution >= 0.6 is 23.7 Å². The molecule has 1 aromatic rings. The van der Waals surface area contributed by atoms with Crippen molar-refractivity contribution in [2.45, 2.75) is 46.1 Å². The lowest BCUT2D eigenvalue weighted by Crippen LogP contribution is -2.37. The fraction of sp³-hybridized carbons (Fsp3) is 0.750. The summed E-state index contributed by atoms with van der Waals surface area (Å²) in [6.07, 6.45) is 5.24. The Labute approximate surface area is 108 Å². The van der Waals surface area contributed by atoms with E-state index in [4.69, 9.17) is 0 Å². The second kappa shape index (κ2) is 5.99. The zero-order chi connectivity index (χ0) is 10.7. The van der Waals surface area contributed by atoms with Crippen molar-refractivity contribution in [1.29, 1.82) is 0 Å². The standard InChI is InChI=1S/C12H20N2S.ClH/c1-3-11-14-10(8-15-11)7-13-9-12(2)5-4-6-12;/h8,13H,3-7,9H2,1-2H3;1H. The van der Waals surface area contributed by atoms with Crippen molar-refractivity contribution in [3.8, 4) is 0 Å². The van der Waals surface area contributed by atoms with Crippen LogP contribution in [0.2, 0.25) is 0 Å². The van der Waals surface area contributed by atoms with Crippen LogP contribution < -0.4 is 5.32 Å². The van der Waals surface area contributed by atoms with Crippen molar-refractivity contribution in [3.63, 3.8) is 0 Å². The highest BCUT2D eigenvalue weighted by Gasteiger charge is 2.30. The Balaban J connectivity index is 0.00000128. The summed E-state index contributed by atoms with van der Waals surface area (Å²) in [7, 11) is 0. The van der Waals surface area contributed by atoms with E-state index >= 15 is 0 Å². The van der Waals surface area contributed by atoms with E-state index in [9.17, 15) is 0 Å². The largest absolute Gasteiger partial charge is 0.311 e. The Morgan fingerprint density at radius 3 is 2.75 bits per heavy atom. The zero-order valence-electron chi connectivity index (χ0n) is 10.1. The molecule has 1 aliphatic carbocycles. The van der Waals surface area contributed by atoms with Crippen LogP contribution in [0.3, 0.4) is 0 Å². The first-order valence-electron chi connectivity index (χ1n) is 5.86. The van der Waals surface area contributed by atoms with Crippen molar-refractivity contribution in [1.82, 2.24) is 10.3 Å². The van der Waals surface area contributed by atoms with Gasteiger partial charge >= 0.3 is 0 Å². The predicted molar refractivity (Wildman–Crippen MR) is 72.4 cm³/mol. The lowest BCUT2D eigenvalue weighted by Gasteiger charge is -2.38. The number of aromatic nitrogens is 1. The van der Waals surface area contributed by atoms with Crippen LogP contribution in [0, 0.1) is 5.41 Å². The highest BCUT2D eigenvalue weighted by molar-refractivity contribution is 7.09. The van der Waals surface area contributed by atoms with Gasteiger partial charge < -0.3 is 5.32 Å². The predicted octanol–water partition coefficient (Wildman–Crippen LogP) is 3.41. The van der Waals surface area contributed by atoms with Crippen LogP contribution in [0.5, 0.6) is 0 Å². The van der Waals surface area contributed by atoms with Crippen LogP contribution in [0.4, 0.5) is 0 Å². The summed E-state index contributed by atoms with van der Waals surface area (Å²) in [4.78, 5) is 4.55. The van der Waals surface area contributed by atoms with Gasteiger partial charge in [-0.1, -0.05) is 20.3 Å². The normalized spacial score (nSPS) is 17.6. The maximum absolute atomic E-state index is 4.55. The molecule has 0 aliphatic heterocycles. The first kappa shape index (κ1) is 13.9. The quantitative estimate of drug-likeness (QED) is 0.878. The van der Waals surface area contributed by atoms with Crippen molar-refractivity contribution >= 4 is 23.7 Å². The summed E-state index contributed by atoms with van der Waals surface area (Å²) in [6, 6.07) is 0. The number of hydrogen-bond acceptors (Lipinski definition) is 3. The third-order valence-corrected chi connectivity index (χ3v) is 4.36. The van der Waals surface area contributed by atoms with E-state index < -0.39 is 0 Å². The summed E-state index contributed by atoms with van der Waals surface area (Å²) in [6.45, 7) is 6.62. The fourth-order valence-corrected chi connectivity index (χ4v) is 2.79. The van der Waals surface area contributed by atoms with Gasteiger partial charge in [-0.3, -0.25) is 0 Å². The van der Waals surface area contributed by atoms with Gasteiger partial charge in [0.05, 0.1) is 10.7 Å². The first-order valence-corrected chi connectivity index (χ1v) is 6.74. The number of aryl methyl sites for hydroxylation is 1. The molecular formula is C12H21ClN2S. The summed E-state index contributed by atoms with van der Waals surface area (Å²) >= 11 is 1.78. The molecule has 0 amide bonds. The Morgan fingerprint density at radius 1 is 1.50 bits per heavy atom. The number of nitrogens with one attached hydrogen (secondary N) is 1. The van der Waals surface area contributed by atoms with Gasteiger partial charge in [-0.05, 0) is 24.7 Å². The number of rotatable bonds is 5. The average Bonchev–Trinajstić information content (AvgIpc) is 2.63. The molecule has 1 N–H and O–H groups in total. The molecule has 2 rings (SSSR count). The molecule has 1 saturated carbocycles. The van der Waals surface area contributed by atoms with Crippen molar-refractivity contribution in [2.24, 2.45) is 5.41 Å². The number of halogens is 1. The van der Waals surface area contributed by atoms with Gasteiger partial charge in [0.15, 0.2) is 0 Å². The van der Waals surface area contributed by atoms with E-state index in [1.807, 2.05) is 0 Å². The maximum Gasteiger partial charge on any atom is 0.0926 e. The third-order valence-electron chi connectivity index (χ3n) is 3.32. The lowest BCUT2D eigenvalue weighted by molar-refractivity contribution is 0.156. The summed E-state index contributed by atoms with van der Waals surface area (Å²) in [5.41, 5.74) is 1.78. The molecule has 1 aliphatic rings. The summed E-state index contributed by atoms with van der Waals surface area (Å²) in [5.74, 6) is 0. The van der Waals surface area contributed by atoms with Gasteiger partial charge in [-0.25, -0.2) is 4.98 Å². The molecule has 2 nitrogen and oxygen atoms in total. The van der Waals surface area contributed by atoms with Gasteiger partial charge in [-0.15, -0.1) is 23.7 Å². The number of nitrogens with zero attached hydrogens (tertiary/aromatic N) is 1. The zero-order valence-corrected chi connectivity index (χ0v) is 11.7. The van der Waals surface area contributed by atoms with Gasteiger partial charge in [0, 0.05) is 18.5 Å². The Bertz CT molecular complexity index is 321. The molecule has 1 fully saturated rings. The minimum absolute atomic E-state index is 0. The maximum atomic E-state index is 4.55. The topological polar surface area (TPSA) is 24.9 Å². The highest BCUT2D eigenvalue weighted by Crippen LogP contribution is 2.39. The van der Waals surface area contributed by atoms with Crippen LogP contribution in [0.1, 0.15) is 43.8 Å². The molecule has 0 unspecified atom stereocenters. The van der Waals surface area contributed by atoms with E-state index in [0.29, 0.717) is 5.41 Å². The van der Waals surface area contributed by atoms with Gasteiger partial charge in [0.2, 0.25) is 0 Å². The molecular weight excluding hydrogens is 240 g/mol. The van der Waals surface area contributed by atoms with E-state index in [2.05, 4.69) is 29.5 Å². The summed E-state index contributed by atoms with van der Waals surface area (Å²) < 4.78 is 0. The number of hydrogen-bond donors (Lipinski definition) is 1. The monoisotopic (exact) mass is 260 g/mol. The lowest BCUT2D eigenvalue weighted by atomic mass is 9.70. The second-order valence-corrected chi connectivity index (χ2v) is 5.80. The van der Waals surface area contributed by atoms with Crippen LogP contribution in [0.15, 0.2) is 5.38 Å². The molecule has 0 aromatic carbocycles. The Hall–Kier alpha value is -0.120. The molecule has 1 heterocycles. The molecule has 92 valence electrons. The summed E-state index contributed by atoms with van der Waals surface area (Å²) in [5, 5.41) is 6.95. The molecule has 0 atom stereocenters. The molecule has 1 aromatic heterocycles. The minimum atomic E-state index is 0. The Morgan fingerprint density at radius 2 is 2.25 bits per heavy atom. The van der Waals surface area contributed by atoms with E-state index in [0.717, 1.165) is 19.5 Å². The Kier molecular flexibility index (Phi) is 5.22. The fourth-order valence-electron chi connectivity index (χ4n) is 2.04. The average molecular weight is 261 g/mol. The van der Waals surface area contributed by atoms with Crippen LogP contribution in [-0.2, 0) is 13.0 Å². The van der Waals surface area contributed by atoms with Gasteiger partial charge in [-0.2, -0.15) is 0 Å². The SMILES string of the molecule is CCc1nc(CNCC2(C)CCC2)cs1.Cl. The van der Waals surface area contributed by atoms with E-state index in [1.165, 1.54) is 30.0 Å². The van der Waals surface area contributed by atoms with Gasteiger partial charge in [0.1, 0.15) is 0 Å². The van der Waals surface area contributed by atoms with Crippen molar-refractivity contribution in [2.75, 3.05) is 6.54 Å². The smallest absolute Gasteiger partial charge is 0.0926 e. The molecule has 4 heteroatoms. The first-order chi connectivity index (χ1) is 7.22. The number of thiazole rings is 1. The van der Waals surface area contributed by atoms with E-state index in [-0.39, 0.29) is 12.4 Å². The molecule has 0 bridgehead atoms. The highest BCUT2D eigenvalue weighted by atomic mass is 35.5. The second-order valence-electron chi connectivity index (χ2n) is 4.85. The molecule has 16 heavy (non-hydrogen) atoms. The molecule has 0 spiro atoms. The third kappa shape index (κ3) is 3.44. The van der Waals surface area contributed by atoms with Gasteiger partial charge in [0.25, 0.3) is 0 Å². The van der Waals surface area contributed by atoms with Crippen molar-refractivity contribution < 1.29 is 0 Å². The minimum Gasteiger partial charge on any atom is -0.311 e. The van der Waals surface area contributed by atoms with Crippen LogP contribution in [-0.4, -0.2) is 11.5 Å². The van der Waals surface area contributed by atoms with Crippen molar-refractivity contribution in [3.05, 3.63) is 16.1 Å². The van der Waals surface area contributed by atoms with E-state index in [1.54, 1.807) is 11.3 Å². The molecule has 0 radical (unpaired) electrons. The molecule has 0 saturated heterocycles.